The SMILES string of the molecule is S=Nc1cccc(Oc2ccccc2)c1. The quantitative estimate of drug-likeness (QED) is 0.775. The van der Waals surface area contributed by atoms with Crippen LogP contribution in [0.1, 0.15) is 0 Å². The molecular weight excluding hydrogens is 206 g/mol. The van der Waals surface area contributed by atoms with Gasteiger partial charge in [0, 0.05) is 18.5 Å². The van der Waals surface area contributed by atoms with E-state index in [1.807, 2.05) is 48.5 Å². The predicted octanol–water partition coefficient (Wildman–Crippen LogP) is 3.84. The molecule has 2 aromatic rings. The van der Waals surface area contributed by atoms with Crippen LogP contribution < -0.4 is 4.74 Å². The lowest BCUT2D eigenvalue weighted by Gasteiger charge is -2.04. The van der Waals surface area contributed by atoms with Gasteiger partial charge >= 0.3 is 0 Å². The largest absolute Gasteiger partial charge is 0.457 e. The van der Waals surface area contributed by atoms with Crippen LogP contribution in [0.5, 0.6) is 11.5 Å². The molecule has 0 aliphatic rings. The van der Waals surface area contributed by atoms with E-state index in [0.717, 1.165) is 17.2 Å². The molecular formula is C12H9NOS. The van der Waals surface area contributed by atoms with E-state index < -0.39 is 0 Å². The first kappa shape index (κ1) is 9.80. The van der Waals surface area contributed by atoms with Crippen molar-refractivity contribution in [3.05, 3.63) is 54.6 Å². The number of nitrogens with zero attached hydrogens (tertiary/aromatic N) is 1. The number of hydrogen-bond donors (Lipinski definition) is 0. The van der Waals surface area contributed by atoms with Gasteiger partial charge in [-0.1, -0.05) is 24.3 Å². The molecule has 74 valence electrons. The van der Waals surface area contributed by atoms with Crippen LogP contribution in [0, 0.1) is 0 Å². The second-order valence-corrected chi connectivity index (χ2v) is 3.19. The normalized spacial score (nSPS) is 9.60. The van der Waals surface area contributed by atoms with Gasteiger partial charge in [0.05, 0.1) is 5.69 Å². The summed E-state index contributed by atoms with van der Waals surface area (Å²) in [5, 5.41) is 0. The van der Waals surface area contributed by atoms with Gasteiger partial charge in [-0.3, -0.25) is 0 Å². The van der Waals surface area contributed by atoms with Gasteiger partial charge in [-0.2, -0.15) is 4.36 Å². The van der Waals surface area contributed by atoms with Crippen LogP contribution in [0.3, 0.4) is 0 Å². The Kier molecular flexibility index (Phi) is 3.05. The molecule has 0 heterocycles. The topological polar surface area (TPSA) is 21.6 Å². The maximum atomic E-state index is 5.61. The Morgan fingerprint density at radius 3 is 2.33 bits per heavy atom. The van der Waals surface area contributed by atoms with Gasteiger partial charge in [-0.15, -0.1) is 0 Å². The van der Waals surface area contributed by atoms with Crippen molar-refractivity contribution in [1.82, 2.24) is 0 Å². The molecule has 0 radical (unpaired) electrons. The van der Waals surface area contributed by atoms with Gasteiger partial charge in [0.15, 0.2) is 0 Å². The fraction of sp³-hybridized carbons (Fsp3) is 0. The Labute approximate surface area is 93.7 Å². The molecule has 0 amide bonds. The smallest absolute Gasteiger partial charge is 0.129 e. The highest BCUT2D eigenvalue weighted by Crippen LogP contribution is 2.24. The second-order valence-electron chi connectivity index (χ2n) is 3.00. The fourth-order valence-corrected chi connectivity index (χ4v) is 1.34. The third-order valence-corrected chi connectivity index (χ3v) is 2.11. The molecule has 0 aromatic heterocycles. The molecule has 0 saturated heterocycles. The van der Waals surface area contributed by atoms with Crippen LogP contribution in [-0.2, 0) is 12.4 Å². The number of ether oxygens (including phenoxy) is 1. The van der Waals surface area contributed by atoms with Crippen LogP contribution in [0.4, 0.5) is 5.69 Å². The van der Waals surface area contributed by atoms with Crippen molar-refractivity contribution >= 4 is 18.1 Å². The second kappa shape index (κ2) is 4.66. The minimum absolute atomic E-state index is 0.735. The molecule has 0 saturated carbocycles. The third kappa shape index (κ3) is 2.60. The van der Waals surface area contributed by atoms with E-state index in [9.17, 15) is 0 Å². The predicted molar refractivity (Wildman–Crippen MR) is 62.4 cm³/mol. The van der Waals surface area contributed by atoms with Crippen LogP contribution in [0.15, 0.2) is 59.0 Å². The summed E-state index contributed by atoms with van der Waals surface area (Å²) in [4.78, 5) is 0. The third-order valence-electron chi connectivity index (χ3n) is 1.90. The molecule has 2 aromatic carbocycles. The molecule has 0 spiro atoms. The van der Waals surface area contributed by atoms with E-state index in [-0.39, 0.29) is 0 Å². The molecule has 2 nitrogen and oxygen atoms in total. The zero-order chi connectivity index (χ0) is 10.5. The minimum atomic E-state index is 0.735. The van der Waals surface area contributed by atoms with Crippen LogP contribution in [0.2, 0.25) is 0 Å². The molecule has 0 fully saturated rings. The van der Waals surface area contributed by atoms with Crippen molar-refractivity contribution < 1.29 is 4.74 Å². The monoisotopic (exact) mass is 215 g/mol. The van der Waals surface area contributed by atoms with E-state index in [0.29, 0.717) is 0 Å². The Morgan fingerprint density at radius 1 is 0.867 bits per heavy atom. The fourth-order valence-electron chi connectivity index (χ4n) is 1.23. The zero-order valence-corrected chi connectivity index (χ0v) is 8.78. The first-order valence-electron chi connectivity index (χ1n) is 4.55. The lowest BCUT2D eigenvalue weighted by atomic mass is 10.3. The van der Waals surface area contributed by atoms with E-state index in [1.165, 1.54) is 0 Å². The Hall–Kier alpha value is -1.74. The van der Waals surface area contributed by atoms with Gasteiger partial charge in [-0.05, 0) is 24.3 Å². The van der Waals surface area contributed by atoms with Gasteiger partial charge in [0.1, 0.15) is 11.5 Å². The molecule has 0 atom stereocenters. The van der Waals surface area contributed by atoms with Gasteiger partial charge < -0.3 is 4.74 Å². The summed E-state index contributed by atoms with van der Waals surface area (Å²) in [5.41, 5.74) is 0.735. The van der Waals surface area contributed by atoms with Crippen molar-refractivity contribution in [2.45, 2.75) is 0 Å². The first-order valence-corrected chi connectivity index (χ1v) is 4.91. The Bertz CT molecular complexity index is 456. The number of benzene rings is 2. The van der Waals surface area contributed by atoms with Crippen molar-refractivity contribution in [2.24, 2.45) is 4.36 Å². The molecule has 0 N–H and O–H groups in total. The first-order chi connectivity index (χ1) is 7.38. The molecule has 2 rings (SSSR count). The van der Waals surface area contributed by atoms with E-state index in [1.54, 1.807) is 6.07 Å². The summed E-state index contributed by atoms with van der Waals surface area (Å²) in [5.74, 6) is 1.55. The highest BCUT2D eigenvalue weighted by atomic mass is 32.1. The standard InChI is InChI=1S/C12H9NOS/c15-13-10-5-4-8-12(9-10)14-11-6-2-1-3-7-11/h1-9H. The Balaban J connectivity index is 2.21. The summed E-state index contributed by atoms with van der Waals surface area (Å²) in [6.45, 7) is 0. The average molecular weight is 215 g/mol. The molecule has 0 aliphatic heterocycles. The van der Waals surface area contributed by atoms with Gasteiger partial charge in [0.2, 0.25) is 0 Å². The molecule has 3 heteroatoms. The van der Waals surface area contributed by atoms with Crippen molar-refractivity contribution in [1.29, 1.82) is 0 Å². The number of para-hydroxylation sites is 1. The summed E-state index contributed by atoms with van der Waals surface area (Å²) >= 11 is 4.61. The highest BCUT2D eigenvalue weighted by Gasteiger charge is 1.96. The van der Waals surface area contributed by atoms with E-state index in [2.05, 4.69) is 16.8 Å². The summed E-state index contributed by atoms with van der Waals surface area (Å²) < 4.78 is 9.29. The summed E-state index contributed by atoms with van der Waals surface area (Å²) in [6.07, 6.45) is 0. The minimum Gasteiger partial charge on any atom is -0.457 e. The van der Waals surface area contributed by atoms with E-state index in [4.69, 9.17) is 4.74 Å². The van der Waals surface area contributed by atoms with Gasteiger partial charge in [0.25, 0.3) is 0 Å². The Morgan fingerprint density at radius 2 is 1.60 bits per heavy atom. The molecule has 15 heavy (non-hydrogen) atoms. The average Bonchev–Trinajstić information content (AvgIpc) is 2.31. The number of hydrogen-bond acceptors (Lipinski definition) is 3. The van der Waals surface area contributed by atoms with Crippen LogP contribution in [-0.4, -0.2) is 0 Å². The molecule has 0 aliphatic carbocycles. The lowest BCUT2D eigenvalue weighted by Crippen LogP contribution is -1.82. The van der Waals surface area contributed by atoms with Crippen molar-refractivity contribution in [3.8, 4) is 11.5 Å². The maximum absolute atomic E-state index is 5.61. The molecule has 0 bridgehead atoms. The van der Waals surface area contributed by atoms with Crippen molar-refractivity contribution in [2.75, 3.05) is 0 Å². The number of rotatable bonds is 3. The molecule has 0 unspecified atom stereocenters. The summed E-state index contributed by atoms with van der Waals surface area (Å²) in [7, 11) is 0. The van der Waals surface area contributed by atoms with Crippen LogP contribution in [0.25, 0.3) is 0 Å². The highest BCUT2D eigenvalue weighted by molar-refractivity contribution is 7.47. The zero-order valence-electron chi connectivity index (χ0n) is 7.96. The van der Waals surface area contributed by atoms with Crippen LogP contribution >= 0.6 is 0 Å². The van der Waals surface area contributed by atoms with Gasteiger partial charge in [-0.25, -0.2) is 0 Å². The van der Waals surface area contributed by atoms with Crippen molar-refractivity contribution in [3.63, 3.8) is 0 Å². The maximum Gasteiger partial charge on any atom is 0.129 e. The lowest BCUT2D eigenvalue weighted by molar-refractivity contribution is 0.483. The summed E-state index contributed by atoms with van der Waals surface area (Å²) in [6, 6.07) is 17.0. The van der Waals surface area contributed by atoms with E-state index >= 15 is 0 Å².